The molecule has 21 heavy (non-hydrogen) atoms. The van der Waals surface area contributed by atoms with Crippen LogP contribution in [0, 0.1) is 0 Å². The molecular weight excluding hydrogens is 260 g/mol. The molecule has 2 aromatic rings. The van der Waals surface area contributed by atoms with E-state index in [1.807, 2.05) is 12.1 Å². The molecule has 0 aliphatic rings. The standard InChI is InChI=1S/C18H24N2O/c1-2-18(20)15-8-6-14(7-9-15)16-5-3-4-13(10-16)11-17(19)12-21/h3-10,17-18,21H,2,11-12,19-20H2,1H3/t17-,18-/m1/s1. The van der Waals surface area contributed by atoms with E-state index in [-0.39, 0.29) is 18.7 Å². The first-order valence-electron chi connectivity index (χ1n) is 7.45. The van der Waals surface area contributed by atoms with Crippen molar-refractivity contribution in [2.75, 3.05) is 6.61 Å². The number of hydrogen-bond donors (Lipinski definition) is 3. The van der Waals surface area contributed by atoms with Gasteiger partial charge >= 0.3 is 0 Å². The number of hydrogen-bond acceptors (Lipinski definition) is 3. The molecule has 0 saturated carbocycles. The van der Waals surface area contributed by atoms with E-state index in [1.54, 1.807) is 0 Å². The molecule has 2 rings (SSSR count). The topological polar surface area (TPSA) is 72.3 Å². The van der Waals surface area contributed by atoms with Gasteiger partial charge in [-0.1, -0.05) is 55.5 Å². The summed E-state index contributed by atoms with van der Waals surface area (Å²) in [6.45, 7) is 2.10. The smallest absolute Gasteiger partial charge is 0.0585 e. The van der Waals surface area contributed by atoms with E-state index in [9.17, 15) is 0 Å². The zero-order chi connectivity index (χ0) is 15.2. The van der Waals surface area contributed by atoms with Crippen LogP contribution in [0.1, 0.15) is 30.5 Å². The van der Waals surface area contributed by atoms with Gasteiger partial charge in [0, 0.05) is 12.1 Å². The van der Waals surface area contributed by atoms with Crippen molar-refractivity contribution in [3.63, 3.8) is 0 Å². The molecule has 3 heteroatoms. The Balaban J connectivity index is 2.19. The van der Waals surface area contributed by atoms with Gasteiger partial charge in [0.15, 0.2) is 0 Å². The quantitative estimate of drug-likeness (QED) is 0.763. The van der Waals surface area contributed by atoms with E-state index in [4.69, 9.17) is 16.6 Å². The Morgan fingerprint density at radius 3 is 2.33 bits per heavy atom. The molecule has 0 saturated heterocycles. The fourth-order valence-electron chi connectivity index (χ4n) is 2.40. The molecule has 0 radical (unpaired) electrons. The minimum absolute atomic E-state index is 0.00777. The predicted molar refractivity (Wildman–Crippen MR) is 87.9 cm³/mol. The third kappa shape index (κ3) is 4.14. The van der Waals surface area contributed by atoms with Crippen molar-refractivity contribution in [2.45, 2.75) is 31.8 Å². The van der Waals surface area contributed by atoms with Crippen LogP contribution in [0.15, 0.2) is 48.5 Å². The number of benzene rings is 2. The maximum atomic E-state index is 9.05. The molecule has 2 aromatic carbocycles. The van der Waals surface area contributed by atoms with Crippen molar-refractivity contribution in [1.29, 1.82) is 0 Å². The van der Waals surface area contributed by atoms with Crippen molar-refractivity contribution < 1.29 is 5.11 Å². The summed E-state index contributed by atoms with van der Waals surface area (Å²) in [5.74, 6) is 0. The van der Waals surface area contributed by atoms with Crippen LogP contribution in [0.3, 0.4) is 0 Å². The summed E-state index contributed by atoms with van der Waals surface area (Å²) in [5, 5.41) is 9.05. The minimum atomic E-state index is -0.204. The second kappa shape index (κ2) is 7.36. The zero-order valence-corrected chi connectivity index (χ0v) is 12.5. The van der Waals surface area contributed by atoms with Gasteiger partial charge < -0.3 is 16.6 Å². The van der Waals surface area contributed by atoms with Gasteiger partial charge in [0.1, 0.15) is 0 Å². The molecule has 0 aliphatic heterocycles. The average molecular weight is 284 g/mol. The first-order chi connectivity index (χ1) is 10.1. The van der Waals surface area contributed by atoms with E-state index in [0.717, 1.165) is 17.5 Å². The van der Waals surface area contributed by atoms with E-state index in [0.29, 0.717) is 6.42 Å². The molecule has 3 nitrogen and oxygen atoms in total. The Morgan fingerprint density at radius 2 is 1.71 bits per heavy atom. The van der Waals surface area contributed by atoms with Crippen molar-refractivity contribution in [3.05, 3.63) is 59.7 Å². The number of nitrogens with two attached hydrogens (primary N) is 2. The van der Waals surface area contributed by atoms with E-state index in [2.05, 4.69) is 43.3 Å². The predicted octanol–water partition coefficient (Wildman–Crippen LogP) is 2.63. The molecular formula is C18H24N2O. The lowest BCUT2D eigenvalue weighted by Gasteiger charge is -2.12. The molecule has 0 aliphatic carbocycles. The van der Waals surface area contributed by atoms with E-state index in [1.165, 1.54) is 11.1 Å². The second-order valence-electron chi connectivity index (χ2n) is 5.48. The fraction of sp³-hybridized carbons (Fsp3) is 0.333. The molecule has 0 bridgehead atoms. The van der Waals surface area contributed by atoms with Gasteiger partial charge in [-0.25, -0.2) is 0 Å². The van der Waals surface area contributed by atoms with E-state index < -0.39 is 0 Å². The van der Waals surface area contributed by atoms with Gasteiger partial charge in [0.05, 0.1) is 6.61 Å². The minimum Gasteiger partial charge on any atom is -0.395 e. The Labute approximate surface area is 126 Å². The van der Waals surface area contributed by atoms with Crippen LogP contribution in [0.2, 0.25) is 0 Å². The van der Waals surface area contributed by atoms with Crippen LogP contribution in [0.25, 0.3) is 11.1 Å². The molecule has 0 amide bonds. The second-order valence-corrected chi connectivity index (χ2v) is 5.48. The Morgan fingerprint density at radius 1 is 1.00 bits per heavy atom. The van der Waals surface area contributed by atoms with Crippen molar-refractivity contribution in [3.8, 4) is 11.1 Å². The highest BCUT2D eigenvalue weighted by Crippen LogP contribution is 2.23. The number of rotatable bonds is 6. The molecule has 112 valence electrons. The summed E-state index contributed by atoms with van der Waals surface area (Å²) < 4.78 is 0. The van der Waals surface area contributed by atoms with Crippen molar-refractivity contribution in [1.82, 2.24) is 0 Å². The van der Waals surface area contributed by atoms with Crippen molar-refractivity contribution >= 4 is 0 Å². The van der Waals surface area contributed by atoms with Crippen molar-refractivity contribution in [2.24, 2.45) is 11.5 Å². The fourth-order valence-corrected chi connectivity index (χ4v) is 2.40. The molecule has 0 unspecified atom stereocenters. The summed E-state index contributed by atoms with van der Waals surface area (Å²) in [7, 11) is 0. The lowest BCUT2D eigenvalue weighted by molar-refractivity contribution is 0.265. The van der Waals surface area contributed by atoms with Gasteiger partial charge in [0.2, 0.25) is 0 Å². The molecule has 0 aromatic heterocycles. The van der Waals surface area contributed by atoms with Gasteiger partial charge in [-0.05, 0) is 35.1 Å². The van der Waals surface area contributed by atoms with E-state index >= 15 is 0 Å². The SMILES string of the molecule is CC[C@@H](N)c1ccc(-c2cccc(C[C@@H](N)CO)c2)cc1. The number of aliphatic hydroxyl groups is 1. The Bertz CT molecular complexity index is 566. The zero-order valence-electron chi connectivity index (χ0n) is 12.5. The Hall–Kier alpha value is -1.68. The van der Waals surface area contributed by atoms with Crippen LogP contribution >= 0.6 is 0 Å². The Kier molecular flexibility index (Phi) is 5.51. The largest absolute Gasteiger partial charge is 0.395 e. The normalized spacial score (nSPS) is 13.9. The summed E-state index contributed by atoms with van der Waals surface area (Å²) in [6.07, 6.45) is 1.62. The first kappa shape index (κ1) is 15.7. The molecule has 5 N–H and O–H groups in total. The lowest BCUT2D eigenvalue weighted by Crippen LogP contribution is -2.26. The highest BCUT2D eigenvalue weighted by Gasteiger charge is 2.06. The first-order valence-corrected chi connectivity index (χ1v) is 7.45. The van der Waals surface area contributed by atoms with Crippen LogP contribution < -0.4 is 11.5 Å². The van der Waals surface area contributed by atoms with Gasteiger partial charge in [0.25, 0.3) is 0 Å². The van der Waals surface area contributed by atoms with Crippen LogP contribution in [-0.2, 0) is 6.42 Å². The third-order valence-electron chi connectivity index (χ3n) is 3.77. The van der Waals surface area contributed by atoms with Gasteiger partial charge in [-0.3, -0.25) is 0 Å². The maximum absolute atomic E-state index is 9.05. The molecule has 2 atom stereocenters. The molecule has 0 spiro atoms. The third-order valence-corrected chi connectivity index (χ3v) is 3.77. The monoisotopic (exact) mass is 284 g/mol. The summed E-state index contributed by atoms with van der Waals surface area (Å²) in [6, 6.07) is 16.6. The highest BCUT2D eigenvalue weighted by molar-refractivity contribution is 5.64. The molecule has 0 heterocycles. The average Bonchev–Trinajstić information content (AvgIpc) is 2.54. The van der Waals surface area contributed by atoms with Gasteiger partial charge in [-0.2, -0.15) is 0 Å². The van der Waals surface area contributed by atoms with Crippen LogP contribution in [-0.4, -0.2) is 17.8 Å². The maximum Gasteiger partial charge on any atom is 0.0585 e. The lowest BCUT2D eigenvalue weighted by atomic mass is 9.97. The molecule has 0 fully saturated rings. The summed E-state index contributed by atoms with van der Waals surface area (Å²) in [5.41, 5.74) is 16.5. The van der Waals surface area contributed by atoms with Gasteiger partial charge in [-0.15, -0.1) is 0 Å². The summed E-state index contributed by atoms with van der Waals surface area (Å²) in [4.78, 5) is 0. The van der Waals surface area contributed by atoms with Crippen LogP contribution in [0.4, 0.5) is 0 Å². The van der Waals surface area contributed by atoms with Crippen LogP contribution in [0.5, 0.6) is 0 Å². The highest BCUT2D eigenvalue weighted by atomic mass is 16.3. The number of aliphatic hydroxyl groups excluding tert-OH is 1. The summed E-state index contributed by atoms with van der Waals surface area (Å²) >= 11 is 0.